The Morgan fingerprint density at radius 3 is 2.58 bits per heavy atom. The highest BCUT2D eigenvalue weighted by molar-refractivity contribution is 5.95. The highest BCUT2D eigenvalue weighted by atomic mass is 19.1. The van der Waals surface area contributed by atoms with Crippen LogP contribution >= 0.6 is 0 Å². The number of carbonyl (C=O) groups is 3. The first kappa shape index (κ1) is 24.8. The average Bonchev–Trinajstić information content (AvgIpc) is 3.50. The van der Waals surface area contributed by atoms with Crippen LogP contribution in [-0.2, 0) is 25.5 Å². The predicted octanol–water partition coefficient (Wildman–Crippen LogP) is 4.33. The molecule has 3 heterocycles. The molecule has 188 valence electrons. The fourth-order valence-electron chi connectivity index (χ4n) is 3.77. The summed E-state index contributed by atoms with van der Waals surface area (Å²) in [5, 5.41) is 5.16. The van der Waals surface area contributed by atoms with Gasteiger partial charge in [0.05, 0.1) is 29.9 Å². The van der Waals surface area contributed by atoms with Crippen LogP contribution in [0.2, 0.25) is 0 Å². The molecule has 0 fully saturated rings. The van der Waals surface area contributed by atoms with Gasteiger partial charge in [-0.15, -0.1) is 0 Å². The first-order chi connectivity index (χ1) is 17.4. The minimum atomic E-state index is -0.903. The molecule has 1 aromatic carbocycles. The number of urea groups is 1. The molecule has 2 amide bonds. The van der Waals surface area contributed by atoms with E-state index >= 15 is 0 Å². The van der Waals surface area contributed by atoms with Crippen LogP contribution in [0.1, 0.15) is 36.7 Å². The molecule has 10 heteroatoms. The third kappa shape index (κ3) is 5.65. The Hall–Kier alpha value is -4.34. The second-order valence-electron chi connectivity index (χ2n) is 8.00. The van der Waals surface area contributed by atoms with E-state index in [1.54, 1.807) is 56.3 Å². The van der Waals surface area contributed by atoms with Crippen molar-refractivity contribution < 1.29 is 37.1 Å². The van der Waals surface area contributed by atoms with Crippen LogP contribution in [0.4, 0.5) is 9.18 Å². The Labute approximate surface area is 206 Å². The zero-order valence-electron chi connectivity index (χ0n) is 19.8. The molecule has 0 bridgehead atoms. The summed E-state index contributed by atoms with van der Waals surface area (Å²) < 4.78 is 35.7. The number of ether oxygens (including phenoxy) is 2. The molecule has 1 atom stereocenters. The number of rotatable bonds is 9. The second kappa shape index (κ2) is 10.9. The molecule has 0 radical (unpaired) electrons. The van der Waals surface area contributed by atoms with Gasteiger partial charge in [-0.2, -0.15) is 0 Å². The van der Waals surface area contributed by atoms with Gasteiger partial charge in [-0.25, -0.2) is 14.0 Å². The molecular weight excluding hydrogens is 471 g/mol. The molecule has 0 saturated heterocycles. The first-order valence-corrected chi connectivity index (χ1v) is 11.4. The maximum absolute atomic E-state index is 14.0. The van der Waals surface area contributed by atoms with E-state index in [-0.39, 0.29) is 37.3 Å². The Morgan fingerprint density at radius 1 is 1.06 bits per heavy atom. The number of furan rings is 2. The molecule has 2 N–H and O–H groups in total. The van der Waals surface area contributed by atoms with Gasteiger partial charge in [0, 0.05) is 6.42 Å². The van der Waals surface area contributed by atoms with Crippen LogP contribution in [0.15, 0.2) is 68.6 Å². The maximum Gasteiger partial charge on any atom is 0.338 e. The summed E-state index contributed by atoms with van der Waals surface area (Å²) in [5.74, 6) is 0.134. The number of hydrogen-bond acceptors (Lipinski definition) is 7. The van der Waals surface area contributed by atoms with Gasteiger partial charge in [0.15, 0.2) is 0 Å². The van der Waals surface area contributed by atoms with Crippen LogP contribution in [0.3, 0.4) is 0 Å². The molecule has 1 aliphatic rings. The van der Waals surface area contributed by atoms with Crippen molar-refractivity contribution in [3.63, 3.8) is 0 Å². The van der Waals surface area contributed by atoms with Gasteiger partial charge in [-0.1, -0.05) is 12.1 Å². The summed E-state index contributed by atoms with van der Waals surface area (Å²) in [6.07, 6.45) is 0.193. The fourth-order valence-corrected chi connectivity index (χ4v) is 3.77. The van der Waals surface area contributed by atoms with Crippen molar-refractivity contribution in [2.75, 3.05) is 13.2 Å². The Balaban J connectivity index is 1.43. The number of esters is 2. The Kier molecular flexibility index (Phi) is 7.53. The van der Waals surface area contributed by atoms with Gasteiger partial charge >= 0.3 is 18.0 Å². The topological polar surface area (TPSA) is 120 Å². The van der Waals surface area contributed by atoms with Crippen molar-refractivity contribution >= 4 is 18.0 Å². The van der Waals surface area contributed by atoms with Crippen molar-refractivity contribution in [2.24, 2.45) is 0 Å². The monoisotopic (exact) mass is 496 g/mol. The molecule has 1 aliphatic heterocycles. The van der Waals surface area contributed by atoms with Gasteiger partial charge in [0.1, 0.15) is 41.5 Å². The lowest BCUT2D eigenvalue weighted by Gasteiger charge is -2.27. The largest absolute Gasteiger partial charge is 0.464 e. The SMILES string of the molecule is CCOC(=O)C1=C(COC(=O)CCc2ccc(-c3ccccc3F)o2)NC(=O)NC1c1ccc(C)o1. The van der Waals surface area contributed by atoms with E-state index in [4.69, 9.17) is 18.3 Å². The highest BCUT2D eigenvalue weighted by Crippen LogP contribution is 2.29. The van der Waals surface area contributed by atoms with Gasteiger partial charge in [0.2, 0.25) is 0 Å². The zero-order chi connectivity index (χ0) is 25.7. The van der Waals surface area contributed by atoms with Gasteiger partial charge in [-0.3, -0.25) is 4.79 Å². The summed E-state index contributed by atoms with van der Waals surface area (Å²) in [6.45, 7) is 3.16. The van der Waals surface area contributed by atoms with Crippen molar-refractivity contribution in [1.82, 2.24) is 10.6 Å². The number of benzene rings is 1. The van der Waals surface area contributed by atoms with E-state index in [2.05, 4.69) is 10.6 Å². The number of hydrogen-bond donors (Lipinski definition) is 2. The molecule has 0 spiro atoms. The number of aryl methyl sites for hydroxylation is 2. The molecule has 9 nitrogen and oxygen atoms in total. The Morgan fingerprint density at radius 2 is 1.86 bits per heavy atom. The van der Waals surface area contributed by atoms with Crippen LogP contribution in [0.25, 0.3) is 11.3 Å². The van der Waals surface area contributed by atoms with Crippen molar-refractivity contribution in [3.05, 3.63) is 82.9 Å². The maximum atomic E-state index is 14.0. The summed E-state index contributed by atoms with van der Waals surface area (Å²) in [5.41, 5.74) is 0.510. The third-order valence-electron chi connectivity index (χ3n) is 5.45. The Bertz CT molecular complexity index is 1310. The molecule has 4 rings (SSSR count). The van der Waals surface area contributed by atoms with Crippen molar-refractivity contribution in [2.45, 2.75) is 32.7 Å². The minimum Gasteiger partial charge on any atom is -0.464 e. The van der Waals surface area contributed by atoms with Gasteiger partial charge < -0.3 is 28.9 Å². The number of halogens is 1. The number of carbonyl (C=O) groups excluding carboxylic acids is 3. The lowest BCUT2D eigenvalue weighted by molar-refractivity contribution is -0.143. The van der Waals surface area contributed by atoms with E-state index in [0.717, 1.165) is 0 Å². The molecule has 0 aliphatic carbocycles. The number of amides is 2. The molecule has 1 unspecified atom stereocenters. The third-order valence-corrected chi connectivity index (χ3v) is 5.45. The zero-order valence-corrected chi connectivity index (χ0v) is 19.8. The summed E-state index contributed by atoms with van der Waals surface area (Å²) >= 11 is 0. The highest BCUT2D eigenvalue weighted by Gasteiger charge is 2.36. The molecule has 2 aromatic heterocycles. The quantitative estimate of drug-likeness (QED) is 0.423. The minimum absolute atomic E-state index is 0.0285. The summed E-state index contributed by atoms with van der Waals surface area (Å²) in [4.78, 5) is 37.4. The summed E-state index contributed by atoms with van der Waals surface area (Å²) in [7, 11) is 0. The first-order valence-electron chi connectivity index (χ1n) is 11.4. The summed E-state index contributed by atoms with van der Waals surface area (Å²) in [6, 6.07) is 11.4. The smallest absolute Gasteiger partial charge is 0.338 e. The fraction of sp³-hybridized carbons (Fsp3) is 0.269. The van der Waals surface area contributed by atoms with Crippen molar-refractivity contribution in [3.8, 4) is 11.3 Å². The van der Waals surface area contributed by atoms with Crippen molar-refractivity contribution in [1.29, 1.82) is 0 Å². The van der Waals surface area contributed by atoms with Gasteiger partial charge in [0.25, 0.3) is 0 Å². The van der Waals surface area contributed by atoms with E-state index in [9.17, 15) is 18.8 Å². The normalized spacial score (nSPS) is 15.3. The average molecular weight is 496 g/mol. The van der Waals surface area contributed by atoms with E-state index < -0.39 is 29.8 Å². The molecular formula is C26H25FN2O7. The lowest BCUT2D eigenvalue weighted by atomic mass is 10.0. The van der Waals surface area contributed by atoms with E-state index in [1.165, 1.54) is 6.07 Å². The van der Waals surface area contributed by atoms with Gasteiger partial charge in [-0.05, 0) is 50.2 Å². The van der Waals surface area contributed by atoms with Crippen LogP contribution in [0.5, 0.6) is 0 Å². The molecule has 0 saturated carbocycles. The van der Waals surface area contributed by atoms with Crippen LogP contribution in [0, 0.1) is 12.7 Å². The molecule has 3 aromatic rings. The lowest BCUT2D eigenvalue weighted by Crippen LogP contribution is -2.47. The van der Waals surface area contributed by atoms with Crippen LogP contribution < -0.4 is 10.6 Å². The predicted molar refractivity (Wildman–Crippen MR) is 125 cm³/mol. The standard InChI is InChI=1S/C26H25FN2O7/c1-3-33-25(31)23-19(28-26(32)29-24(23)21-11-8-15(2)35-21)14-34-22(30)13-10-16-9-12-20(36-16)17-6-4-5-7-18(17)27/h4-9,11-12,24H,3,10,13-14H2,1-2H3,(H2,28,29,32). The number of nitrogens with one attached hydrogen (secondary N) is 2. The second-order valence-corrected chi connectivity index (χ2v) is 8.00. The molecule has 36 heavy (non-hydrogen) atoms. The van der Waals surface area contributed by atoms with E-state index in [0.29, 0.717) is 28.6 Å². The van der Waals surface area contributed by atoms with Crippen LogP contribution in [-0.4, -0.2) is 31.2 Å². The van der Waals surface area contributed by atoms with E-state index in [1.807, 2.05) is 0 Å².